The van der Waals surface area contributed by atoms with E-state index in [1.54, 1.807) is 12.3 Å². The Kier molecular flexibility index (Phi) is 2.58. The van der Waals surface area contributed by atoms with Crippen LogP contribution in [0, 0.1) is 5.92 Å². The molecule has 1 atom stereocenters. The number of carbonyl (C=O) groups is 1. The van der Waals surface area contributed by atoms with Gasteiger partial charge in [-0.2, -0.15) is 0 Å². The SMILES string of the molecule is CC(NC(=O)c1ccncc1N)C1CC1. The fourth-order valence-corrected chi connectivity index (χ4v) is 1.61. The summed E-state index contributed by atoms with van der Waals surface area (Å²) >= 11 is 0. The quantitative estimate of drug-likeness (QED) is 0.778. The van der Waals surface area contributed by atoms with Crippen molar-refractivity contribution in [2.75, 3.05) is 5.73 Å². The van der Waals surface area contributed by atoms with Gasteiger partial charge < -0.3 is 11.1 Å². The minimum absolute atomic E-state index is 0.102. The maximum Gasteiger partial charge on any atom is 0.253 e. The molecule has 0 spiro atoms. The van der Waals surface area contributed by atoms with E-state index >= 15 is 0 Å². The molecule has 0 bridgehead atoms. The number of nitrogens with two attached hydrogens (primary N) is 1. The van der Waals surface area contributed by atoms with Crippen molar-refractivity contribution in [3.63, 3.8) is 0 Å². The predicted octanol–water partition coefficient (Wildman–Crippen LogP) is 1.19. The first kappa shape index (κ1) is 9.96. The molecule has 1 aliphatic carbocycles. The highest BCUT2D eigenvalue weighted by atomic mass is 16.1. The van der Waals surface area contributed by atoms with Crippen molar-refractivity contribution >= 4 is 11.6 Å². The van der Waals surface area contributed by atoms with E-state index in [4.69, 9.17) is 5.73 Å². The maximum atomic E-state index is 11.8. The Morgan fingerprint density at radius 2 is 2.40 bits per heavy atom. The summed E-state index contributed by atoms with van der Waals surface area (Å²) in [6.07, 6.45) is 5.50. The summed E-state index contributed by atoms with van der Waals surface area (Å²) < 4.78 is 0. The zero-order chi connectivity index (χ0) is 10.8. The molecule has 1 amide bonds. The lowest BCUT2D eigenvalue weighted by Crippen LogP contribution is -2.34. The van der Waals surface area contributed by atoms with Crippen molar-refractivity contribution < 1.29 is 4.79 Å². The van der Waals surface area contributed by atoms with Gasteiger partial charge in [-0.05, 0) is 31.7 Å². The maximum absolute atomic E-state index is 11.8. The average Bonchev–Trinajstić information content (AvgIpc) is 3.01. The van der Waals surface area contributed by atoms with Gasteiger partial charge in [0.15, 0.2) is 0 Å². The highest BCUT2D eigenvalue weighted by Crippen LogP contribution is 2.32. The number of hydrogen-bond donors (Lipinski definition) is 2. The summed E-state index contributed by atoms with van der Waals surface area (Å²) in [7, 11) is 0. The molecule has 1 aromatic heterocycles. The molecular formula is C11H15N3O. The Hall–Kier alpha value is -1.58. The standard InChI is InChI=1S/C11H15N3O/c1-7(8-2-3-8)14-11(15)9-4-5-13-6-10(9)12/h4-8H,2-3,12H2,1H3,(H,14,15). The van der Waals surface area contributed by atoms with Crippen LogP contribution in [0.1, 0.15) is 30.1 Å². The molecular weight excluding hydrogens is 190 g/mol. The second kappa shape index (κ2) is 3.88. The van der Waals surface area contributed by atoms with Gasteiger partial charge in [0.2, 0.25) is 0 Å². The van der Waals surface area contributed by atoms with Crippen molar-refractivity contribution in [2.24, 2.45) is 5.92 Å². The molecule has 1 heterocycles. The third-order valence-corrected chi connectivity index (χ3v) is 2.78. The number of carbonyl (C=O) groups excluding carboxylic acids is 1. The van der Waals surface area contributed by atoms with Gasteiger partial charge in [-0.3, -0.25) is 9.78 Å². The van der Waals surface area contributed by atoms with E-state index in [0.29, 0.717) is 17.2 Å². The molecule has 4 heteroatoms. The lowest BCUT2D eigenvalue weighted by Gasteiger charge is -2.13. The molecule has 0 aromatic carbocycles. The van der Waals surface area contributed by atoms with Crippen LogP contribution in [0.5, 0.6) is 0 Å². The Labute approximate surface area is 88.9 Å². The van der Waals surface area contributed by atoms with Gasteiger partial charge >= 0.3 is 0 Å². The number of nitrogens with zero attached hydrogens (tertiary/aromatic N) is 1. The van der Waals surface area contributed by atoms with E-state index in [9.17, 15) is 4.79 Å². The summed E-state index contributed by atoms with van der Waals surface area (Å²) in [5.41, 5.74) is 6.61. The van der Waals surface area contributed by atoms with Gasteiger partial charge in [0.05, 0.1) is 17.4 Å². The van der Waals surface area contributed by atoms with Crippen molar-refractivity contribution in [3.05, 3.63) is 24.0 Å². The number of rotatable bonds is 3. The van der Waals surface area contributed by atoms with E-state index in [0.717, 1.165) is 0 Å². The first-order valence-electron chi connectivity index (χ1n) is 5.19. The minimum atomic E-state index is -0.102. The van der Waals surface area contributed by atoms with E-state index in [2.05, 4.69) is 10.3 Å². The number of aromatic nitrogens is 1. The largest absolute Gasteiger partial charge is 0.397 e. The highest BCUT2D eigenvalue weighted by molar-refractivity contribution is 5.98. The third kappa shape index (κ3) is 2.26. The van der Waals surface area contributed by atoms with Crippen molar-refractivity contribution in [3.8, 4) is 0 Å². The lowest BCUT2D eigenvalue weighted by molar-refractivity contribution is 0.0936. The summed E-state index contributed by atoms with van der Waals surface area (Å²) in [6, 6.07) is 1.88. The monoisotopic (exact) mass is 205 g/mol. The fourth-order valence-electron chi connectivity index (χ4n) is 1.61. The number of nitrogen functional groups attached to an aromatic ring is 1. The Morgan fingerprint density at radius 1 is 1.67 bits per heavy atom. The van der Waals surface area contributed by atoms with Crippen LogP contribution in [0.25, 0.3) is 0 Å². The van der Waals surface area contributed by atoms with E-state index in [1.165, 1.54) is 19.0 Å². The molecule has 0 aliphatic heterocycles. The fraction of sp³-hybridized carbons (Fsp3) is 0.455. The molecule has 80 valence electrons. The van der Waals surface area contributed by atoms with Crippen LogP contribution in [0.3, 0.4) is 0 Å². The molecule has 1 saturated carbocycles. The highest BCUT2D eigenvalue weighted by Gasteiger charge is 2.29. The van der Waals surface area contributed by atoms with Crippen LogP contribution in [0.2, 0.25) is 0 Å². The van der Waals surface area contributed by atoms with Crippen LogP contribution in [0.4, 0.5) is 5.69 Å². The van der Waals surface area contributed by atoms with Gasteiger partial charge in [0.1, 0.15) is 0 Å². The number of anilines is 1. The van der Waals surface area contributed by atoms with Gasteiger partial charge in [0.25, 0.3) is 5.91 Å². The predicted molar refractivity (Wildman–Crippen MR) is 58.3 cm³/mol. The van der Waals surface area contributed by atoms with Crippen molar-refractivity contribution in [1.82, 2.24) is 10.3 Å². The smallest absolute Gasteiger partial charge is 0.253 e. The summed E-state index contributed by atoms with van der Waals surface area (Å²) in [6.45, 7) is 2.03. The molecule has 2 rings (SSSR count). The summed E-state index contributed by atoms with van der Waals surface area (Å²) in [4.78, 5) is 15.6. The summed E-state index contributed by atoms with van der Waals surface area (Å²) in [5, 5.41) is 2.95. The van der Waals surface area contributed by atoms with Crippen LogP contribution in [0.15, 0.2) is 18.5 Å². The lowest BCUT2D eigenvalue weighted by atomic mass is 10.1. The molecule has 3 N–H and O–H groups in total. The zero-order valence-corrected chi connectivity index (χ0v) is 8.73. The van der Waals surface area contributed by atoms with E-state index in [-0.39, 0.29) is 11.9 Å². The minimum Gasteiger partial charge on any atom is -0.397 e. The number of hydrogen-bond acceptors (Lipinski definition) is 3. The molecule has 0 radical (unpaired) electrons. The van der Waals surface area contributed by atoms with Gasteiger partial charge in [-0.25, -0.2) is 0 Å². The summed E-state index contributed by atoms with van der Waals surface area (Å²) in [5.74, 6) is 0.548. The third-order valence-electron chi connectivity index (χ3n) is 2.78. The Morgan fingerprint density at radius 3 is 3.00 bits per heavy atom. The van der Waals surface area contributed by atoms with Crippen LogP contribution in [-0.4, -0.2) is 16.9 Å². The first-order valence-corrected chi connectivity index (χ1v) is 5.19. The van der Waals surface area contributed by atoms with Crippen LogP contribution < -0.4 is 11.1 Å². The molecule has 1 aromatic rings. The Bertz CT molecular complexity index is 374. The topological polar surface area (TPSA) is 68.0 Å². The average molecular weight is 205 g/mol. The second-order valence-corrected chi connectivity index (χ2v) is 4.06. The molecule has 0 saturated heterocycles. The molecule has 4 nitrogen and oxygen atoms in total. The molecule has 15 heavy (non-hydrogen) atoms. The van der Waals surface area contributed by atoms with E-state index < -0.39 is 0 Å². The zero-order valence-electron chi connectivity index (χ0n) is 8.73. The van der Waals surface area contributed by atoms with Gasteiger partial charge in [0, 0.05) is 12.2 Å². The van der Waals surface area contributed by atoms with Crippen LogP contribution >= 0.6 is 0 Å². The van der Waals surface area contributed by atoms with Gasteiger partial charge in [-0.1, -0.05) is 0 Å². The van der Waals surface area contributed by atoms with Crippen LogP contribution in [-0.2, 0) is 0 Å². The van der Waals surface area contributed by atoms with Crippen molar-refractivity contribution in [1.29, 1.82) is 0 Å². The normalized spacial score (nSPS) is 17.1. The molecule has 1 aliphatic rings. The molecule has 1 unspecified atom stereocenters. The second-order valence-electron chi connectivity index (χ2n) is 4.06. The van der Waals surface area contributed by atoms with Gasteiger partial charge in [-0.15, -0.1) is 0 Å². The number of pyridine rings is 1. The Balaban J connectivity index is 2.04. The van der Waals surface area contributed by atoms with Crippen molar-refractivity contribution in [2.45, 2.75) is 25.8 Å². The molecule has 1 fully saturated rings. The number of nitrogens with one attached hydrogen (secondary N) is 1. The van der Waals surface area contributed by atoms with E-state index in [1.807, 2.05) is 6.92 Å². The number of amides is 1. The first-order chi connectivity index (χ1) is 7.18.